The summed E-state index contributed by atoms with van der Waals surface area (Å²) in [5.74, 6) is 0.472. The van der Waals surface area contributed by atoms with E-state index in [0.717, 1.165) is 69.4 Å². The molecule has 0 saturated carbocycles. The van der Waals surface area contributed by atoms with E-state index in [1.165, 1.54) is 16.7 Å². The number of carbonyl (C=O) groups is 2. The molecule has 160 valence electrons. The minimum Gasteiger partial charge on any atom is -0.316 e. The average Bonchev–Trinajstić information content (AvgIpc) is 2.76. The Morgan fingerprint density at radius 3 is 2.53 bits per heavy atom. The molecule has 0 atom stereocenters. The summed E-state index contributed by atoms with van der Waals surface area (Å²) in [5.41, 5.74) is 5.67. The lowest BCUT2D eigenvalue weighted by atomic mass is 9.88. The molecule has 2 aliphatic heterocycles. The first-order chi connectivity index (χ1) is 14.2. The molecule has 0 aliphatic carbocycles. The van der Waals surface area contributed by atoms with Gasteiger partial charge in [0.25, 0.3) is 0 Å². The first-order valence-electron chi connectivity index (χ1n) is 11.0. The Bertz CT molecular complexity index is 865. The molecule has 0 spiro atoms. The predicted octanol–water partition coefficient (Wildman–Crippen LogP) is 4.52. The largest absolute Gasteiger partial charge is 0.316 e. The third kappa shape index (κ3) is 5.30. The molecule has 0 unspecified atom stereocenters. The van der Waals surface area contributed by atoms with Crippen molar-refractivity contribution in [2.75, 3.05) is 24.5 Å². The molecule has 0 aromatic heterocycles. The fourth-order valence-electron chi connectivity index (χ4n) is 4.50. The van der Waals surface area contributed by atoms with Gasteiger partial charge in [-0.15, -0.1) is 12.4 Å². The zero-order valence-corrected chi connectivity index (χ0v) is 18.3. The third-order valence-electron chi connectivity index (χ3n) is 6.04. The Labute approximate surface area is 185 Å². The molecule has 30 heavy (non-hydrogen) atoms. The number of amides is 1. The Balaban J connectivity index is 0.00000256. The summed E-state index contributed by atoms with van der Waals surface area (Å²) in [4.78, 5) is 26.8. The number of halogens is 1. The second kappa shape index (κ2) is 10.7. The maximum absolute atomic E-state index is 12.7. The smallest absolute Gasteiger partial charge is 0.227 e. The van der Waals surface area contributed by atoms with Crippen LogP contribution in [0.25, 0.3) is 0 Å². The number of Topliss-reactive ketones (excluding diaryl/α,β-unsaturated/α-hetero) is 1. The van der Waals surface area contributed by atoms with Gasteiger partial charge in [-0.2, -0.15) is 0 Å². The highest BCUT2D eigenvalue weighted by Gasteiger charge is 2.30. The van der Waals surface area contributed by atoms with Gasteiger partial charge < -0.3 is 10.2 Å². The summed E-state index contributed by atoms with van der Waals surface area (Å²) in [6.07, 6.45) is 6.86. The van der Waals surface area contributed by atoms with Crippen molar-refractivity contribution in [1.82, 2.24) is 5.32 Å². The zero-order valence-electron chi connectivity index (χ0n) is 17.5. The van der Waals surface area contributed by atoms with Crippen LogP contribution >= 0.6 is 12.4 Å². The number of anilines is 1. The quantitative estimate of drug-likeness (QED) is 0.473. The van der Waals surface area contributed by atoms with E-state index in [4.69, 9.17) is 0 Å². The van der Waals surface area contributed by atoms with Gasteiger partial charge in [0.05, 0.1) is 5.69 Å². The molecule has 4 nitrogen and oxygen atoms in total. The summed E-state index contributed by atoms with van der Waals surface area (Å²) in [5, 5.41) is 3.47. The molecule has 0 bridgehead atoms. The summed E-state index contributed by atoms with van der Waals surface area (Å²) >= 11 is 0. The summed E-state index contributed by atoms with van der Waals surface area (Å²) < 4.78 is 0. The number of unbranched alkanes of at least 4 members (excludes halogenated alkanes) is 1. The van der Waals surface area contributed by atoms with Gasteiger partial charge in [0.1, 0.15) is 0 Å². The molecule has 2 heterocycles. The number of carbonyl (C=O) groups excluding carboxylic acids is 2. The average molecular weight is 427 g/mol. The number of nitrogens with one attached hydrogen (secondary N) is 1. The van der Waals surface area contributed by atoms with Crippen molar-refractivity contribution in [1.29, 1.82) is 0 Å². The van der Waals surface area contributed by atoms with Gasteiger partial charge >= 0.3 is 0 Å². The molecule has 0 fully saturated rings. The van der Waals surface area contributed by atoms with Crippen molar-refractivity contribution in [2.24, 2.45) is 0 Å². The van der Waals surface area contributed by atoms with E-state index in [2.05, 4.69) is 29.6 Å². The van der Waals surface area contributed by atoms with Crippen LogP contribution in [0.1, 0.15) is 59.2 Å². The number of hydrogen-bond donors (Lipinski definition) is 1. The van der Waals surface area contributed by atoms with Crippen LogP contribution < -0.4 is 10.2 Å². The Morgan fingerprint density at radius 1 is 0.967 bits per heavy atom. The molecular weight excluding hydrogens is 396 g/mol. The Hall–Kier alpha value is -2.17. The molecule has 2 aliphatic rings. The van der Waals surface area contributed by atoms with Gasteiger partial charge in [0.2, 0.25) is 5.91 Å². The van der Waals surface area contributed by atoms with Crippen molar-refractivity contribution in [2.45, 2.75) is 51.4 Å². The first kappa shape index (κ1) is 22.5. The number of ketones is 1. The van der Waals surface area contributed by atoms with Crippen LogP contribution in [0, 0.1) is 0 Å². The SMILES string of the molecule is Cl.O=C(CCCCNCCc1ccccc1)c1cc2c3c(c1)CCC(=O)N3CCC2. The fourth-order valence-corrected chi connectivity index (χ4v) is 4.50. The summed E-state index contributed by atoms with van der Waals surface area (Å²) in [7, 11) is 0. The van der Waals surface area contributed by atoms with Crippen LogP contribution in [0.3, 0.4) is 0 Å². The van der Waals surface area contributed by atoms with Crippen LogP contribution in [0.15, 0.2) is 42.5 Å². The zero-order chi connectivity index (χ0) is 20.1. The van der Waals surface area contributed by atoms with Crippen molar-refractivity contribution in [3.8, 4) is 0 Å². The Morgan fingerprint density at radius 2 is 1.73 bits per heavy atom. The summed E-state index contributed by atoms with van der Waals surface area (Å²) in [6, 6.07) is 14.6. The Kier molecular flexibility index (Phi) is 8.06. The molecular formula is C25H31ClN2O2. The molecule has 2 aromatic carbocycles. The van der Waals surface area contributed by atoms with Crippen LogP contribution in [-0.2, 0) is 24.1 Å². The van der Waals surface area contributed by atoms with Gasteiger partial charge in [0, 0.05) is 24.9 Å². The van der Waals surface area contributed by atoms with Crippen molar-refractivity contribution >= 4 is 29.8 Å². The van der Waals surface area contributed by atoms with Crippen LogP contribution in [0.5, 0.6) is 0 Å². The minimum absolute atomic E-state index is 0. The van der Waals surface area contributed by atoms with E-state index < -0.39 is 0 Å². The number of rotatable bonds is 9. The molecule has 5 heteroatoms. The highest BCUT2D eigenvalue weighted by Crippen LogP contribution is 2.36. The molecule has 4 rings (SSSR count). The van der Waals surface area contributed by atoms with Gasteiger partial charge in [-0.3, -0.25) is 9.59 Å². The van der Waals surface area contributed by atoms with Crippen LogP contribution in [0.2, 0.25) is 0 Å². The van der Waals surface area contributed by atoms with E-state index in [-0.39, 0.29) is 24.1 Å². The van der Waals surface area contributed by atoms with E-state index >= 15 is 0 Å². The van der Waals surface area contributed by atoms with Gasteiger partial charge in [-0.1, -0.05) is 30.3 Å². The number of nitrogens with zero attached hydrogens (tertiary/aromatic N) is 1. The lowest BCUT2D eigenvalue weighted by molar-refractivity contribution is -0.119. The summed E-state index contributed by atoms with van der Waals surface area (Å²) in [6.45, 7) is 2.75. The number of hydrogen-bond acceptors (Lipinski definition) is 3. The number of aryl methyl sites for hydroxylation is 2. The van der Waals surface area contributed by atoms with E-state index in [0.29, 0.717) is 12.8 Å². The molecule has 0 saturated heterocycles. The van der Waals surface area contributed by atoms with Crippen molar-refractivity contribution < 1.29 is 9.59 Å². The standard InChI is InChI=1S/C25H30N2O2.ClH/c28-23(10-4-5-14-26-15-13-19-7-2-1-3-8-19)22-17-20-9-6-16-27-24(29)12-11-21(18-22)25(20)27;/h1-3,7-8,17-18,26H,4-6,9-16H2;1H. The monoisotopic (exact) mass is 426 g/mol. The van der Waals surface area contributed by atoms with E-state index in [1.807, 2.05) is 23.1 Å². The number of benzene rings is 2. The molecule has 2 aromatic rings. The van der Waals surface area contributed by atoms with E-state index in [1.54, 1.807) is 0 Å². The maximum atomic E-state index is 12.7. The fraction of sp³-hybridized carbons (Fsp3) is 0.440. The lowest BCUT2D eigenvalue weighted by Crippen LogP contribution is -2.39. The topological polar surface area (TPSA) is 49.4 Å². The van der Waals surface area contributed by atoms with Crippen LogP contribution in [0.4, 0.5) is 5.69 Å². The molecule has 1 amide bonds. The second-order valence-electron chi connectivity index (χ2n) is 8.16. The molecule has 1 N–H and O–H groups in total. The highest BCUT2D eigenvalue weighted by atomic mass is 35.5. The maximum Gasteiger partial charge on any atom is 0.227 e. The molecule has 0 radical (unpaired) electrons. The van der Waals surface area contributed by atoms with E-state index in [9.17, 15) is 9.59 Å². The van der Waals surface area contributed by atoms with Gasteiger partial charge in [-0.25, -0.2) is 0 Å². The highest BCUT2D eigenvalue weighted by molar-refractivity contribution is 6.01. The first-order valence-corrected chi connectivity index (χ1v) is 11.0. The second-order valence-corrected chi connectivity index (χ2v) is 8.16. The van der Waals surface area contributed by atoms with Gasteiger partial charge in [0.15, 0.2) is 5.78 Å². The lowest BCUT2D eigenvalue weighted by Gasteiger charge is -2.35. The predicted molar refractivity (Wildman–Crippen MR) is 124 cm³/mol. The van der Waals surface area contributed by atoms with Crippen molar-refractivity contribution in [3.05, 3.63) is 64.7 Å². The van der Waals surface area contributed by atoms with Crippen LogP contribution in [-0.4, -0.2) is 31.3 Å². The minimum atomic E-state index is 0. The van der Waals surface area contributed by atoms with Crippen molar-refractivity contribution in [3.63, 3.8) is 0 Å². The third-order valence-corrected chi connectivity index (χ3v) is 6.04. The van der Waals surface area contributed by atoms with Gasteiger partial charge in [-0.05, 0) is 80.4 Å². The normalized spacial score (nSPS) is 14.8.